The van der Waals surface area contributed by atoms with Gasteiger partial charge in [0, 0.05) is 32.7 Å². The van der Waals surface area contributed by atoms with Crippen LogP contribution in [0, 0.1) is 5.92 Å². The molecule has 124 valence electrons. The predicted molar refractivity (Wildman–Crippen MR) is 82.4 cm³/mol. The molecular weight excluding hydrogens is 272 g/mol. The maximum absolute atomic E-state index is 11.5. The first kappa shape index (κ1) is 19.7. The molecule has 0 aliphatic carbocycles. The highest BCUT2D eigenvalue weighted by Gasteiger charge is 2.06. The zero-order chi connectivity index (χ0) is 15.9. The Morgan fingerprint density at radius 1 is 1.10 bits per heavy atom. The molecule has 0 fully saturated rings. The molecule has 6 nitrogen and oxygen atoms in total. The average Bonchev–Trinajstić information content (AvgIpc) is 2.44. The highest BCUT2D eigenvalue weighted by Crippen LogP contribution is 2.08. The van der Waals surface area contributed by atoms with Crippen LogP contribution in [0.4, 0.5) is 4.79 Å². The van der Waals surface area contributed by atoms with Crippen LogP contribution >= 0.6 is 0 Å². The first-order chi connectivity index (χ1) is 10.1. The number of nitrogens with one attached hydrogen (secondary N) is 2. The van der Waals surface area contributed by atoms with E-state index < -0.39 is 5.97 Å². The van der Waals surface area contributed by atoms with E-state index in [0.717, 1.165) is 32.3 Å². The molecule has 2 amide bonds. The van der Waals surface area contributed by atoms with Crippen LogP contribution in [-0.4, -0.2) is 43.4 Å². The van der Waals surface area contributed by atoms with E-state index in [-0.39, 0.29) is 12.5 Å². The summed E-state index contributed by atoms with van der Waals surface area (Å²) < 4.78 is 5.40. The standard InChI is InChI=1S/C15H30N2O4/c1-3-4-11-21-12-5-9-16-15(20)17-10-8-13(2)6-7-14(18)19/h13H,3-12H2,1-2H3,(H,18,19)(H2,16,17,20). The highest BCUT2D eigenvalue weighted by atomic mass is 16.5. The van der Waals surface area contributed by atoms with Crippen LogP contribution in [0.3, 0.4) is 0 Å². The highest BCUT2D eigenvalue weighted by molar-refractivity contribution is 5.73. The maximum atomic E-state index is 11.5. The van der Waals surface area contributed by atoms with Crippen LogP contribution in [-0.2, 0) is 9.53 Å². The second-order valence-electron chi connectivity index (χ2n) is 5.33. The number of carboxylic acid groups (broad SMARTS) is 1. The van der Waals surface area contributed by atoms with E-state index in [4.69, 9.17) is 9.84 Å². The molecule has 0 radical (unpaired) electrons. The molecule has 1 atom stereocenters. The van der Waals surface area contributed by atoms with E-state index in [0.29, 0.717) is 32.0 Å². The van der Waals surface area contributed by atoms with Crippen LogP contribution in [0.2, 0.25) is 0 Å². The van der Waals surface area contributed by atoms with Crippen molar-refractivity contribution in [3.05, 3.63) is 0 Å². The molecule has 0 saturated carbocycles. The summed E-state index contributed by atoms with van der Waals surface area (Å²) in [6.07, 6.45) is 4.64. The average molecular weight is 302 g/mol. The zero-order valence-electron chi connectivity index (χ0n) is 13.3. The fraction of sp³-hybridized carbons (Fsp3) is 0.867. The molecule has 0 heterocycles. The van der Waals surface area contributed by atoms with E-state index in [1.54, 1.807) is 0 Å². The Morgan fingerprint density at radius 3 is 2.43 bits per heavy atom. The molecule has 3 N–H and O–H groups in total. The number of carbonyl (C=O) groups is 2. The van der Waals surface area contributed by atoms with E-state index in [1.807, 2.05) is 6.92 Å². The van der Waals surface area contributed by atoms with E-state index in [2.05, 4.69) is 17.6 Å². The minimum Gasteiger partial charge on any atom is -0.481 e. The van der Waals surface area contributed by atoms with Gasteiger partial charge in [-0.3, -0.25) is 4.79 Å². The molecule has 0 bridgehead atoms. The normalized spacial score (nSPS) is 11.9. The van der Waals surface area contributed by atoms with Gasteiger partial charge in [-0.25, -0.2) is 4.79 Å². The third-order valence-corrected chi connectivity index (χ3v) is 3.17. The molecule has 21 heavy (non-hydrogen) atoms. The Morgan fingerprint density at radius 2 is 1.76 bits per heavy atom. The van der Waals surface area contributed by atoms with Gasteiger partial charge in [0.05, 0.1) is 0 Å². The zero-order valence-corrected chi connectivity index (χ0v) is 13.3. The molecule has 0 aromatic heterocycles. The first-order valence-electron chi connectivity index (χ1n) is 7.87. The summed E-state index contributed by atoms with van der Waals surface area (Å²) in [6, 6.07) is -0.172. The number of hydrogen-bond acceptors (Lipinski definition) is 3. The fourth-order valence-electron chi connectivity index (χ4n) is 1.73. The van der Waals surface area contributed by atoms with Gasteiger partial charge in [-0.2, -0.15) is 0 Å². The van der Waals surface area contributed by atoms with Gasteiger partial charge in [-0.1, -0.05) is 20.3 Å². The van der Waals surface area contributed by atoms with Crippen LogP contribution in [0.1, 0.15) is 52.4 Å². The lowest BCUT2D eigenvalue weighted by atomic mass is 10.0. The van der Waals surface area contributed by atoms with Gasteiger partial charge in [0.25, 0.3) is 0 Å². The summed E-state index contributed by atoms with van der Waals surface area (Å²) in [4.78, 5) is 21.9. The van der Waals surface area contributed by atoms with Crippen molar-refractivity contribution in [2.75, 3.05) is 26.3 Å². The van der Waals surface area contributed by atoms with Crippen LogP contribution in [0.15, 0.2) is 0 Å². The molecule has 6 heteroatoms. The van der Waals surface area contributed by atoms with Crippen LogP contribution in [0.25, 0.3) is 0 Å². The molecule has 0 aliphatic rings. The third kappa shape index (κ3) is 14.9. The lowest BCUT2D eigenvalue weighted by molar-refractivity contribution is -0.137. The summed E-state index contributed by atoms with van der Waals surface area (Å²) in [7, 11) is 0. The Bertz CT molecular complexity index is 285. The van der Waals surface area contributed by atoms with Crippen molar-refractivity contribution in [2.24, 2.45) is 5.92 Å². The van der Waals surface area contributed by atoms with Crippen molar-refractivity contribution in [3.63, 3.8) is 0 Å². The summed E-state index contributed by atoms with van der Waals surface area (Å²) in [5, 5.41) is 14.1. The molecule has 0 spiro atoms. The number of urea groups is 1. The summed E-state index contributed by atoms with van der Waals surface area (Å²) in [6.45, 7) is 6.75. The molecule has 0 aliphatic heterocycles. The Labute approximate surface area is 127 Å². The minimum atomic E-state index is -0.770. The summed E-state index contributed by atoms with van der Waals surface area (Å²) in [5.74, 6) is -0.470. The third-order valence-electron chi connectivity index (χ3n) is 3.17. The Hall–Kier alpha value is -1.30. The predicted octanol–water partition coefficient (Wildman–Crippen LogP) is 2.38. The van der Waals surface area contributed by atoms with Gasteiger partial charge >= 0.3 is 12.0 Å². The largest absolute Gasteiger partial charge is 0.481 e. The summed E-state index contributed by atoms with van der Waals surface area (Å²) >= 11 is 0. The van der Waals surface area contributed by atoms with Crippen molar-refractivity contribution < 1.29 is 19.4 Å². The van der Waals surface area contributed by atoms with Gasteiger partial charge in [-0.15, -0.1) is 0 Å². The summed E-state index contributed by atoms with van der Waals surface area (Å²) in [5.41, 5.74) is 0. The van der Waals surface area contributed by atoms with Gasteiger partial charge in [0.15, 0.2) is 0 Å². The molecule has 0 rings (SSSR count). The van der Waals surface area contributed by atoms with E-state index >= 15 is 0 Å². The first-order valence-corrected chi connectivity index (χ1v) is 7.87. The quantitative estimate of drug-likeness (QED) is 0.456. The number of hydrogen-bond donors (Lipinski definition) is 3. The number of amides is 2. The van der Waals surface area contributed by atoms with E-state index in [9.17, 15) is 9.59 Å². The van der Waals surface area contributed by atoms with Gasteiger partial charge in [-0.05, 0) is 31.6 Å². The lowest BCUT2D eigenvalue weighted by Gasteiger charge is -2.11. The maximum Gasteiger partial charge on any atom is 0.314 e. The lowest BCUT2D eigenvalue weighted by Crippen LogP contribution is -2.37. The van der Waals surface area contributed by atoms with Crippen LogP contribution < -0.4 is 10.6 Å². The molecule has 0 aromatic carbocycles. The number of carbonyl (C=O) groups excluding carboxylic acids is 1. The number of carboxylic acids is 1. The second-order valence-corrected chi connectivity index (χ2v) is 5.33. The van der Waals surface area contributed by atoms with E-state index in [1.165, 1.54) is 0 Å². The van der Waals surface area contributed by atoms with Gasteiger partial charge < -0.3 is 20.5 Å². The monoisotopic (exact) mass is 302 g/mol. The smallest absolute Gasteiger partial charge is 0.314 e. The van der Waals surface area contributed by atoms with Crippen molar-refractivity contribution >= 4 is 12.0 Å². The van der Waals surface area contributed by atoms with Crippen molar-refractivity contribution in [1.29, 1.82) is 0 Å². The number of aliphatic carboxylic acids is 1. The van der Waals surface area contributed by atoms with Gasteiger partial charge in [0.2, 0.25) is 0 Å². The molecule has 0 saturated heterocycles. The number of rotatable bonds is 13. The SMILES string of the molecule is CCCCOCCCNC(=O)NCCC(C)CCC(=O)O. The van der Waals surface area contributed by atoms with Crippen LogP contribution in [0.5, 0.6) is 0 Å². The molecular formula is C15H30N2O4. The number of ether oxygens (including phenoxy) is 1. The molecule has 0 aromatic rings. The topological polar surface area (TPSA) is 87.7 Å². The van der Waals surface area contributed by atoms with Crippen molar-refractivity contribution in [2.45, 2.75) is 52.4 Å². The second kappa shape index (κ2) is 13.7. The minimum absolute atomic E-state index is 0.172. The van der Waals surface area contributed by atoms with Crippen molar-refractivity contribution in [1.82, 2.24) is 10.6 Å². The Balaban J connectivity index is 3.36. The molecule has 1 unspecified atom stereocenters. The Kier molecular flexibility index (Phi) is 12.8. The number of unbranched alkanes of at least 4 members (excludes halogenated alkanes) is 1. The van der Waals surface area contributed by atoms with Gasteiger partial charge in [0.1, 0.15) is 0 Å². The van der Waals surface area contributed by atoms with Crippen molar-refractivity contribution in [3.8, 4) is 0 Å². The fourth-order valence-corrected chi connectivity index (χ4v) is 1.73.